The number of hydrogen-bond acceptors (Lipinski definition) is 7. The summed E-state index contributed by atoms with van der Waals surface area (Å²) in [5, 5.41) is 10.0. The second-order valence-corrected chi connectivity index (χ2v) is 5.84. The molecular weight excluding hydrogens is 294 g/mol. The van der Waals surface area contributed by atoms with Crippen LogP contribution in [0.1, 0.15) is 51.2 Å². The van der Waals surface area contributed by atoms with E-state index >= 15 is 0 Å². The van der Waals surface area contributed by atoms with Gasteiger partial charge in [-0.1, -0.05) is 30.2 Å². The molecule has 0 aromatic carbocycles. The van der Waals surface area contributed by atoms with E-state index in [-0.39, 0.29) is 34.9 Å². The van der Waals surface area contributed by atoms with Gasteiger partial charge in [-0.05, 0) is 27.2 Å². The molecule has 2 atom stereocenters. The Morgan fingerprint density at radius 3 is 2.67 bits per heavy atom. The first kappa shape index (κ1) is 17.5. The Labute approximate surface area is 128 Å². The van der Waals surface area contributed by atoms with E-state index in [1.807, 2.05) is 6.92 Å². The minimum Gasteiger partial charge on any atom is -0.459 e. The van der Waals surface area contributed by atoms with Crippen molar-refractivity contribution in [2.45, 2.75) is 57.1 Å². The van der Waals surface area contributed by atoms with Crippen LogP contribution in [-0.2, 0) is 9.53 Å². The number of rotatable bonds is 8. The number of amides is 1. The lowest BCUT2D eigenvalue weighted by atomic mass is 10.2. The quantitative estimate of drug-likeness (QED) is 0.579. The van der Waals surface area contributed by atoms with E-state index in [0.29, 0.717) is 0 Å². The van der Waals surface area contributed by atoms with Gasteiger partial charge in [-0.15, -0.1) is 5.10 Å². The van der Waals surface area contributed by atoms with E-state index in [4.69, 9.17) is 9.15 Å². The van der Waals surface area contributed by atoms with Gasteiger partial charge in [-0.3, -0.25) is 4.79 Å². The van der Waals surface area contributed by atoms with Crippen LogP contribution in [0.3, 0.4) is 0 Å². The lowest BCUT2D eigenvalue weighted by Crippen LogP contribution is -2.37. The minimum absolute atomic E-state index is 0.100. The van der Waals surface area contributed by atoms with E-state index in [0.717, 1.165) is 24.6 Å². The van der Waals surface area contributed by atoms with Crippen LogP contribution in [0.25, 0.3) is 0 Å². The number of ether oxygens (including phenoxy) is 1. The molecule has 1 aromatic heterocycles. The highest BCUT2D eigenvalue weighted by atomic mass is 32.2. The average Bonchev–Trinajstić information content (AvgIpc) is 2.87. The zero-order valence-electron chi connectivity index (χ0n) is 12.7. The standard InChI is InChI=1S/C13H21N3O4S/c1-5-7-8(3)14-10(17)9(4)21-13-16-15-11(20-13)12(18)19-6-2/h8-9H,5-7H2,1-4H3,(H,14,17). The monoisotopic (exact) mass is 315 g/mol. The second kappa shape index (κ2) is 8.66. The maximum Gasteiger partial charge on any atom is 0.396 e. The van der Waals surface area contributed by atoms with Gasteiger partial charge in [0.05, 0.1) is 11.9 Å². The number of carbonyl (C=O) groups is 2. The van der Waals surface area contributed by atoms with Gasteiger partial charge >= 0.3 is 11.9 Å². The summed E-state index contributed by atoms with van der Waals surface area (Å²) >= 11 is 1.11. The first-order valence-corrected chi connectivity index (χ1v) is 7.83. The fraction of sp³-hybridized carbons (Fsp3) is 0.692. The van der Waals surface area contributed by atoms with Crippen molar-refractivity contribution in [1.82, 2.24) is 15.5 Å². The fourth-order valence-corrected chi connectivity index (χ4v) is 2.30. The van der Waals surface area contributed by atoms with Crippen LogP contribution < -0.4 is 5.32 Å². The average molecular weight is 315 g/mol. The molecule has 0 fully saturated rings. The Bertz CT molecular complexity index is 478. The van der Waals surface area contributed by atoms with Crippen molar-refractivity contribution in [1.29, 1.82) is 0 Å². The third-order valence-corrected chi connectivity index (χ3v) is 3.55. The molecule has 1 N–H and O–H groups in total. The van der Waals surface area contributed by atoms with Gasteiger partial charge in [-0.2, -0.15) is 0 Å². The van der Waals surface area contributed by atoms with E-state index < -0.39 is 5.97 Å². The van der Waals surface area contributed by atoms with Crippen LogP contribution in [0.2, 0.25) is 0 Å². The summed E-state index contributed by atoms with van der Waals surface area (Å²) in [6.07, 6.45) is 1.94. The number of aromatic nitrogens is 2. The van der Waals surface area contributed by atoms with Crippen molar-refractivity contribution in [3.05, 3.63) is 5.89 Å². The summed E-state index contributed by atoms with van der Waals surface area (Å²) in [5.74, 6) is -0.964. The largest absolute Gasteiger partial charge is 0.459 e. The zero-order chi connectivity index (χ0) is 15.8. The smallest absolute Gasteiger partial charge is 0.396 e. The Kier molecular flexibility index (Phi) is 7.21. The summed E-state index contributed by atoms with van der Waals surface area (Å²) in [6.45, 7) is 7.69. The molecule has 0 aliphatic rings. The lowest BCUT2D eigenvalue weighted by Gasteiger charge is -2.15. The van der Waals surface area contributed by atoms with Crippen molar-refractivity contribution < 1.29 is 18.7 Å². The fourth-order valence-electron chi connectivity index (χ4n) is 1.60. The highest BCUT2D eigenvalue weighted by molar-refractivity contribution is 8.00. The summed E-state index contributed by atoms with van der Waals surface area (Å²) in [5.41, 5.74) is 0. The molecule has 0 aliphatic heterocycles. The number of nitrogens with one attached hydrogen (secondary N) is 1. The molecule has 0 aliphatic carbocycles. The summed E-state index contributed by atoms with van der Waals surface area (Å²) in [4.78, 5) is 23.4. The molecule has 21 heavy (non-hydrogen) atoms. The van der Waals surface area contributed by atoms with E-state index in [1.54, 1.807) is 13.8 Å². The molecule has 1 aromatic rings. The van der Waals surface area contributed by atoms with Crippen LogP contribution in [-0.4, -0.2) is 40.0 Å². The molecule has 0 spiro atoms. The molecule has 1 rings (SSSR count). The Morgan fingerprint density at radius 1 is 1.33 bits per heavy atom. The zero-order valence-corrected chi connectivity index (χ0v) is 13.5. The number of hydrogen-bond donors (Lipinski definition) is 1. The van der Waals surface area contributed by atoms with Crippen molar-refractivity contribution >= 4 is 23.6 Å². The summed E-state index contributed by atoms with van der Waals surface area (Å²) in [7, 11) is 0. The predicted molar refractivity (Wildman–Crippen MR) is 78.1 cm³/mol. The maximum absolute atomic E-state index is 12.0. The summed E-state index contributed by atoms with van der Waals surface area (Å²) < 4.78 is 9.91. The van der Waals surface area contributed by atoms with Crippen LogP contribution in [0.5, 0.6) is 0 Å². The highest BCUT2D eigenvalue weighted by Gasteiger charge is 2.21. The van der Waals surface area contributed by atoms with Gasteiger partial charge in [0.2, 0.25) is 5.91 Å². The summed E-state index contributed by atoms with van der Waals surface area (Å²) in [6, 6.07) is 0.128. The number of carbonyl (C=O) groups excluding carboxylic acids is 2. The third kappa shape index (κ3) is 5.74. The molecule has 2 unspecified atom stereocenters. The Hall–Kier alpha value is -1.57. The molecule has 1 amide bonds. The highest BCUT2D eigenvalue weighted by Crippen LogP contribution is 2.22. The first-order chi connectivity index (χ1) is 9.97. The normalized spacial score (nSPS) is 13.5. The number of esters is 1. The van der Waals surface area contributed by atoms with Crippen molar-refractivity contribution in [2.75, 3.05) is 6.61 Å². The lowest BCUT2D eigenvalue weighted by molar-refractivity contribution is -0.120. The second-order valence-electron chi connectivity index (χ2n) is 4.55. The maximum atomic E-state index is 12.0. The van der Waals surface area contributed by atoms with Gasteiger partial charge in [-0.25, -0.2) is 4.79 Å². The molecule has 8 heteroatoms. The van der Waals surface area contributed by atoms with Crippen LogP contribution in [0.4, 0.5) is 0 Å². The van der Waals surface area contributed by atoms with Crippen molar-refractivity contribution in [2.24, 2.45) is 0 Å². The van der Waals surface area contributed by atoms with Gasteiger partial charge in [0, 0.05) is 6.04 Å². The van der Waals surface area contributed by atoms with Crippen LogP contribution >= 0.6 is 11.8 Å². The molecule has 0 radical (unpaired) electrons. The number of thioether (sulfide) groups is 1. The molecule has 7 nitrogen and oxygen atoms in total. The third-order valence-electron chi connectivity index (χ3n) is 2.61. The Balaban J connectivity index is 2.52. The van der Waals surface area contributed by atoms with Gasteiger partial charge in [0.25, 0.3) is 5.22 Å². The Morgan fingerprint density at radius 2 is 2.05 bits per heavy atom. The molecular formula is C13H21N3O4S. The first-order valence-electron chi connectivity index (χ1n) is 6.95. The van der Waals surface area contributed by atoms with Crippen molar-refractivity contribution in [3.63, 3.8) is 0 Å². The predicted octanol–water partition coefficient (Wildman–Crippen LogP) is 2.03. The van der Waals surface area contributed by atoms with Crippen molar-refractivity contribution in [3.8, 4) is 0 Å². The van der Waals surface area contributed by atoms with E-state index in [2.05, 4.69) is 22.4 Å². The molecule has 0 saturated heterocycles. The molecule has 0 saturated carbocycles. The molecule has 0 bridgehead atoms. The number of nitrogens with zero attached hydrogens (tertiary/aromatic N) is 2. The van der Waals surface area contributed by atoms with Gasteiger partial charge in [0.1, 0.15) is 0 Å². The van der Waals surface area contributed by atoms with Crippen LogP contribution in [0, 0.1) is 0 Å². The van der Waals surface area contributed by atoms with Crippen LogP contribution in [0.15, 0.2) is 9.64 Å². The molecule has 1 heterocycles. The van der Waals surface area contributed by atoms with Gasteiger partial charge < -0.3 is 14.5 Å². The van der Waals surface area contributed by atoms with E-state index in [9.17, 15) is 9.59 Å². The molecule has 118 valence electrons. The SMILES string of the molecule is CCCC(C)NC(=O)C(C)Sc1nnc(C(=O)OCC)o1. The van der Waals surface area contributed by atoms with Gasteiger partial charge in [0.15, 0.2) is 0 Å². The topological polar surface area (TPSA) is 94.3 Å². The van der Waals surface area contributed by atoms with E-state index in [1.165, 1.54) is 0 Å². The minimum atomic E-state index is -0.662.